The first-order chi connectivity index (χ1) is 34.4. The van der Waals surface area contributed by atoms with Crippen molar-refractivity contribution in [2.75, 3.05) is 0 Å². The second-order valence-electron chi connectivity index (χ2n) is 19.2. The van der Waals surface area contributed by atoms with Crippen LogP contribution in [0.3, 0.4) is 0 Å². The molecule has 0 heterocycles. The minimum atomic E-state index is -3.64. The first kappa shape index (κ1) is 48.1. The van der Waals surface area contributed by atoms with E-state index in [1.165, 1.54) is 5.56 Å². The molecule has 0 bridgehead atoms. The molecule has 352 valence electrons. The summed E-state index contributed by atoms with van der Waals surface area (Å²) in [6.07, 6.45) is 22.0. The van der Waals surface area contributed by atoms with Crippen LogP contribution in [-0.4, -0.2) is 0 Å². The van der Waals surface area contributed by atoms with E-state index in [0.717, 1.165) is 87.3 Å². The maximum atomic E-state index is 16.8. The largest absolute Gasteiger partial charge is 0.309 e. The number of fused-ring (bicyclic) bond motifs is 3. The molecule has 8 aromatic carbocycles. The molecule has 0 radical (unpaired) electrons. The monoisotopic (exact) mass is 980 g/mol. The van der Waals surface area contributed by atoms with Crippen LogP contribution < -0.4 is 26.5 Å². The minimum Gasteiger partial charge on any atom is -0.309 e. The number of aryl methyl sites for hydroxylation is 2. The van der Waals surface area contributed by atoms with Gasteiger partial charge < -0.3 is 13.7 Å². The Bertz CT molecular complexity index is 3710. The first-order valence-corrected chi connectivity index (χ1v) is 29.9. The lowest BCUT2D eigenvalue weighted by atomic mass is 9.98. The standard InChI is InChI=1S/C65H59O3P3/c1-6-7-16-52-42-61(31-27-47(52)4)70(67,62-32-28-49-17-8-11-20-53(49)43-62)58-25-14-23-56(35-37-58)69(66,60-39-40-65(46(2)3)48(5)41-60)57-24-15-26-59(38-36-57)71(68,63-33-29-50-18-9-12-21-54(50)44-63)64-34-30-51-19-10-13-22-55(51)45-64/h7-13,15-25,27-46H,6,14,26H2,1-5H3/b16-7-. The average molecular weight is 981 g/mol. The van der Waals surface area contributed by atoms with Crippen LogP contribution in [0.25, 0.3) is 38.4 Å². The Morgan fingerprint density at radius 1 is 0.479 bits per heavy atom. The van der Waals surface area contributed by atoms with Crippen molar-refractivity contribution in [1.82, 2.24) is 0 Å². The molecule has 0 spiro atoms. The highest BCUT2D eigenvalue weighted by Crippen LogP contribution is 2.64. The van der Waals surface area contributed by atoms with Crippen molar-refractivity contribution < 1.29 is 13.7 Å². The van der Waals surface area contributed by atoms with Gasteiger partial charge in [-0.25, -0.2) is 0 Å². The van der Waals surface area contributed by atoms with Crippen LogP contribution in [0.5, 0.6) is 0 Å². The minimum absolute atomic E-state index is 0.290. The predicted molar refractivity (Wildman–Crippen MR) is 308 cm³/mol. The third-order valence-corrected chi connectivity index (χ3v) is 23.6. The fourth-order valence-corrected chi connectivity index (χ4v) is 18.7. The van der Waals surface area contributed by atoms with Crippen molar-refractivity contribution in [3.05, 3.63) is 262 Å². The van der Waals surface area contributed by atoms with Gasteiger partial charge in [0.2, 0.25) is 0 Å². The van der Waals surface area contributed by atoms with E-state index >= 15 is 13.7 Å². The van der Waals surface area contributed by atoms with Gasteiger partial charge in [0.1, 0.15) is 0 Å². The number of hydrogen-bond acceptors (Lipinski definition) is 3. The molecular weight excluding hydrogens is 922 g/mol. The van der Waals surface area contributed by atoms with Gasteiger partial charge in [-0.1, -0.05) is 215 Å². The van der Waals surface area contributed by atoms with E-state index in [2.05, 4.69) is 156 Å². The molecule has 0 aromatic heterocycles. The van der Waals surface area contributed by atoms with E-state index in [1.807, 2.05) is 103 Å². The summed E-state index contributed by atoms with van der Waals surface area (Å²) in [7, 11) is -10.6. The molecule has 2 aliphatic carbocycles. The van der Waals surface area contributed by atoms with Gasteiger partial charge >= 0.3 is 0 Å². The molecule has 3 nitrogen and oxygen atoms in total. The van der Waals surface area contributed by atoms with Crippen molar-refractivity contribution in [1.29, 1.82) is 0 Å². The van der Waals surface area contributed by atoms with Crippen LogP contribution in [0.15, 0.2) is 240 Å². The highest BCUT2D eigenvalue weighted by molar-refractivity contribution is 7.83. The van der Waals surface area contributed by atoms with Crippen LogP contribution in [0.4, 0.5) is 0 Å². The molecular formula is C65H59O3P3. The molecule has 8 aromatic rings. The third-order valence-electron chi connectivity index (χ3n) is 14.3. The zero-order valence-corrected chi connectivity index (χ0v) is 43.8. The van der Waals surface area contributed by atoms with Gasteiger partial charge in [0.15, 0.2) is 21.4 Å². The second kappa shape index (κ2) is 19.9. The van der Waals surface area contributed by atoms with Gasteiger partial charge in [0.25, 0.3) is 0 Å². The Morgan fingerprint density at radius 2 is 0.958 bits per heavy atom. The highest BCUT2D eigenvalue weighted by Gasteiger charge is 2.37. The summed E-state index contributed by atoms with van der Waals surface area (Å²) in [5.74, 6) is 0.290. The van der Waals surface area contributed by atoms with E-state index in [4.69, 9.17) is 0 Å². The van der Waals surface area contributed by atoms with Gasteiger partial charge in [0.05, 0.1) is 0 Å². The average Bonchev–Trinajstić information content (AvgIpc) is 3.83. The zero-order chi connectivity index (χ0) is 49.3. The van der Waals surface area contributed by atoms with Crippen molar-refractivity contribution >= 4 is 86.3 Å². The molecule has 2 atom stereocenters. The first-order valence-electron chi connectivity index (χ1n) is 24.8. The molecule has 0 saturated heterocycles. The molecule has 0 fully saturated rings. The number of benzene rings is 8. The van der Waals surface area contributed by atoms with E-state index < -0.39 is 21.4 Å². The number of hydrogen-bond donors (Lipinski definition) is 0. The quantitative estimate of drug-likeness (QED) is 0.115. The molecule has 10 rings (SSSR count). The van der Waals surface area contributed by atoms with Gasteiger partial charge in [0, 0.05) is 47.8 Å². The summed E-state index contributed by atoms with van der Waals surface area (Å²) in [6, 6.07) is 55.5. The highest BCUT2D eigenvalue weighted by atomic mass is 31.2. The van der Waals surface area contributed by atoms with Crippen molar-refractivity contribution in [3.8, 4) is 0 Å². The van der Waals surface area contributed by atoms with Crippen LogP contribution in [-0.2, 0) is 13.7 Å². The van der Waals surface area contributed by atoms with E-state index in [1.54, 1.807) is 0 Å². The van der Waals surface area contributed by atoms with Crippen LogP contribution in [0.2, 0.25) is 0 Å². The Labute approximate surface area is 419 Å². The molecule has 6 heteroatoms. The van der Waals surface area contributed by atoms with Gasteiger partial charge in [-0.3, -0.25) is 0 Å². The number of allylic oxidation sites excluding steroid dienone is 13. The van der Waals surface area contributed by atoms with Crippen LogP contribution >= 0.6 is 21.4 Å². The van der Waals surface area contributed by atoms with Gasteiger partial charge in [-0.15, -0.1) is 0 Å². The molecule has 71 heavy (non-hydrogen) atoms. The summed E-state index contributed by atoms with van der Waals surface area (Å²) in [5, 5.41) is 12.9. The zero-order valence-electron chi connectivity index (χ0n) is 41.1. The third kappa shape index (κ3) is 8.96. The van der Waals surface area contributed by atoms with E-state index in [-0.39, 0.29) is 5.92 Å². The lowest BCUT2D eigenvalue weighted by Gasteiger charge is -2.24. The Kier molecular flexibility index (Phi) is 13.5. The Balaban J connectivity index is 1.13. The summed E-state index contributed by atoms with van der Waals surface area (Å²) < 4.78 is 49.7. The Morgan fingerprint density at radius 3 is 1.49 bits per heavy atom. The molecule has 2 aliphatic rings. The lowest BCUT2D eigenvalue weighted by molar-refractivity contribution is 0.589. The summed E-state index contributed by atoms with van der Waals surface area (Å²) in [5.41, 5.74) is 4.44. The van der Waals surface area contributed by atoms with Crippen molar-refractivity contribution in [2.45, 2.75) is 59.8 Å². The number of rotatable bonds is 12. The van der Waals surface area contributed by atoms with E-state index in [9.17, 15) is 0 Å². The van der Waals surface area contributed by atoms with Gasteiger partial charge in [-0.05, 0) is 124 Å². The van der Waals surface area contributed by atoms with Crippen molar-refractivity contribution in [2.24, 2.45) is 0 Å². The van der Waals surface area contributed by atoms with Gasteiger partial charge in [-0.2, -0.15) is 0 Å². The lowest BCUT2D eigenvalue weighted by Crippen LogP contribution is -2.18. The molecule has 2 unspecified atom stereocenters. The predicted octanol–water partition coefficient (Wildman–Crippen LogP) is 16.8. The van der Waals surface area contributed by atoms with Crippen LogP contribution in [0.1, 0.15) is 68.2 Å². The maximum absolute atomic E-state index is 16.8. The molecule has 0 saturated carbocycles. The molecule has 0 N–H and O–H groups in total. The van der Waals surface area contributed by atoms with E-state index in [0.29, 0.717) is 28.8 Å². The summed E-state index contributed by atoms with van der Waals surface area (Å²) in [6.45, 7) is 10.7. The summed E-state index contributed by atoms with van der Waals surface area (Å²) in [4.78, 5) is 0. The Hall–Kier alpha value is -6.59. The van der Waals surface area contributed by atoms with Crippen molar-refractivity contribution in [3.63, 3.8) is 0 Å². The molecule has 0 aliphatic heterocycles. The second-order valence-corrected chi connectivity index (χ2v) is 27.5. The topological polar surface area (TPSA) is 51.2 Å². The fraction of sp³-hybridized carbons (Fsp3) is 0.138. The van der Waals surface area contributed by atoms with Crippen LogP contribution in [0, 0.1) is 13.8 Å². The SMILES string of the molecule is CC/C=C\c1cc(P(=O)(C2=CCC=C(P(=O)(C3=CC=C(P(=O)(c4ccc5ccccc5c4)c4ccc5ccccc5c4)CC=C3)c3ccc(C(C)C)c(C)c3)C=C2)c2ccc3ccccc3c2)ccc1C. The smallest absolute Gasteiger partial charge is 0.170 e. The normalized spacial score (nSPS) is 16.0. The molecule has 0 amide bonds. The fourth-order valence-electron chi connectivity index (χ4n) is 10.4. The summed E-state index contributed by atoms with van der Waals surface area (Å²) >= 11 is 0. The maximum Gasteiger partial charge on any atom is 0.170 e.